The van der Waals surface area contributed by atoms with Crippen LogP contribution in [-0.4, -0.2) is 23.0 Å². The summed E-state index contributed by atoms with van der Waals surface area (Å²) in [7, 11) is 0. The Labute approximate surface area is 102 Å². The Morgan fingerprint density at radius 2 is 2.12 bits per heavy atom. The molecular formula is C11H10FNO3S. The van der Waals surface area contributed by atoms with Gasteiger partial charge in [-0.2, -0.15) is 0 Å². The molecule has 2 rings (SSSR count). The van der Waals surface area contributed by atoms with Gasteiger partial charge in [0.2, 0.25) is 5.12 Å². The van der Waals surface area contributed by atoms with Crippen LogP contribution >= 0.6 is 11.8 Å². The molecule has 1 aromatic rings. The van der Waals surface area contributed by atoms with E-state index in [4.69, 9.17) is 4.74 Å². The molecule has 0 bridgehead atoms. The Morgan fingerprint density at radius 3 is 2.76 bits per heavy atom. The minimum atomic E-state index is -0.528. The summed E-state index contributed by atoms with van der Waals surface area (Å²) in [6, 6.07) is 5.52. The first-order chi connectivity index (χ1) is 8.16. The molecule has 1 atom stereocenters. The number of thioether (sulfide) groups is 1. The summed E-state index contributed by atoms with van der Waals surface area (Å²) in [6.07, 6.45) is 0.339. The molecule has 0 radical (unpaired) electrons. The van der Waals surface area contributed by atoms with Gasteiger partial charge in [-0.05, 0) is 12.1 Å². The summed E-state index contributed by atoms with van der Waals surface area (Å²) in [6.45, 7) is 0.179. The molecule has 4 nitrogen and oxygen atoms in total. The van der Waals surface area contributed by atoms with Gasteiger partial charge < -0.3 is 10.1 Å². The third-order valence-electron chi connectivity index (χ3n) is 2.27. The highest BCUT2D eigenvalue weighted by Crippen LogP contribution is 2.19. The second-order valence-corrected chi connectivity index (χ2v) is 4.45. The van der Waals surface area contributed by atoms with E-state index < -0.39 is 11.9 Å². The minimum absolute atomic E-state index is 0.150. The highest BCUT2D eigenvalue weighted by Gasteiger charge is 2.30. The molecule has 6 heteroatoms. The largest absolute Gasteiger partial charge is 0.490 e. The smallest absolute Gasteiger partial charge is 0.287 e. The van der Waals surface area contributed by atoms with Crippen molar-refractivity contribution < 1.29 is 18.7 Å². The highest BCUT2D eigenvalue weighted by molar-refractivity contribution is 8.26. The number of carbonyl (C=O) groups is 2. The van der Waals surface area contributed by atoms with Crippen LogP contribution in [0.5, 0.6) is 5.75 Å². The van der Waals surface area contributed by atoms with Crippen molar-refractivity contribution in [1.82, 2.24) is 5.32 Å². The number of ether oxygens (including phenoxy) is 1. The van der Waals surface area contributed by atoms with Crippen LogP contribution in [-0.2, 0) is 4.79 Å². The molecule has 0 spiro atoms. The first kappa shape index (κ1) is 11.9. The lowest BCUT2D eigenvalue weighted by Gasteiger charge is -2.09. The zero-order valence-electron chi connectivity index (χ0n) is 8.81. The van der Waals surface area contributed by atoms with E-state index in [9.17, 15) is 14.0 Å². The van der Waals surface area contributed by atoms with Crippen LogP contribution in [0, 0.1) is 5.82 Å². The number of rotatable bonds is 4. The number of hydrogen-bond acceptors (Lipinski definition) is 4. The summed E-state index contributed by atoms with van der Waals surface area (Å²) >= 11 is 0.659. The molecule has 1 saturated heterocycles. The summed E-state index contributed by atoms with van der Waals surface area (Å²) in [5, 5.41) is 1.95. The third-order valence-corrected chi connectivity index (χ3v) is 3.06. The summed E-state index contributed by atoms with van der Waals surface area (Å²) in [4.78, 5) is 22.1. The average Bonchev–Trinajstić information content (AvgIpc) is 2.60. The monoisotopic (exact) mass is 255 g/mol. The number of carbonyl (C=O) groups excluding carboxylic acids is 2. The van der Waals surface area contributed by atoms with Crippen molar-refractivity contribution in [2.24, 2.45) is 0 Å². The summed E-state index contributed by atoms with van der Waals surface area (Å²) in [5.74, 6) is -0.291. The lowest BCUT2D eigenvalue weighted by Crippen LogP contribution is -2.30. The first-order valence-electron chi connectivity index (χ1n) is 5.06. The van der Waals surface area contributed by atoms with Gasteiger partial charge in [0.05, 0.1) is 6.61 Å². The SMILES string of the molecule is O=C1NC(CCOc2ccccc2F)C(=O)S1. The molecule has 0 aliphatic carbocycles. The topological polar surface area (TPSA) is 55.4 Å². The van der Waals surface area contributed by atoms with E-state index >= 15 is 0 Å². The van der Waals surface area contributed by atoms with Crippen LogP contribution in [0.15, 0.2) is 24.3 Å². The van der Waals surface area contributed by atoms with Gasteiger partial charge in [0, 0.05) is 18.2 Å². The fraction of sp³-hybridized carbons (Fsp3) is 0.273. The maximum Gasteiger partial charge on any atom is 0.287 e. The lowest BCUT2D eigenvalue weighted by molar-refractivity contribution is -0.112. The van der Waals surface area contributed by atoms with Crippen molar-refractivity contribution in [1.29, 1.82) is 0 Å². The van der Waals surface area contributed by atoms with Crippen LogP contribution in [0.1, 0.15) is 6.42 Å². The Bertz CT molecular complexity index is 452. The molecule has 1 amide bonds. The molecule has 1 aromatic carbocycles. The minimum Gasteiger partial charge on any atom is -0.490 e. The quantitative estimate of drug-likeness (QED) is 0.893. The molecule has 1 heterocycles. The van der Waals surface area contributed by atoms with Gasteiger partial charge in [-0.25, -0.2) is 4.39 Å². The second-order valence-electron chi connectivity index (χ2n) is 3.47. The molecule has 0 saturated carbocycles. The van der Waals surface area contributed by atoms with Crippen LogP contribution in [0.2, 0.25) is 0 Å². The normalized spacial score (nSPS) is 19.2. The molecule has 1 aliphatic rings. The molecule has 1 fully saturated rings. The highest BCUT2D eigenvalue weighted by atomic mass is 32.2. The standard InChI is InChI=1S/C11H10FNO3S/c12-7-3-1-2-4-9(7)16-6-5-8-10(14)17-11(15)13-8/h1-4,8H,5-6H2,(H,13,15). The first-order valence-corrected chi connectivity index (χ1v) is 5.88. The summed E-state index contributed by atoms with van der Waals surface area (Å²) < 4.78 is 18.4. The summed E-state index contributed by atoms with van der Waals surface area (Å²) in [5.41, 5.74) is 0. The predicted octanol–water partition coefficient (Wildman–Crippen LogP) is 1.95. The van der Waals surface area contributed by atoms with Gasteiger partial charge in [0.25, 0.3) is 5.24 Å². The molecule has 90 valence electrons. The van der Waals surface area contributed by atoms with E-state index in [1.807, 2.05) is 0 Å². The average molecular weight is 255 g/mol. The maximum absolute atomic E-state index is 13.2. The molecule has 1 N–H and O–H groups in total. The molecule has 0 aromatic heterocycles. The van der Waals surface area contributed by atoms with Crippen LogP contribution < -0.4 is 10.1 Å². The lowest BCUT2D eigenvalue weighted by atomic mass is 10.2. The number of benzene rings is 1. The van der Waals surface area contributed by atoms with Gasteiger partial charge in [0.1, 0.15) is 6.04 Å². The van der Waals surface area contributed by atoms with Crippen molar-refractivity contribution in [2.75, 3.05) is 6.61 Å². The van der Waals surface area contributed by atoms with E-state index in [-0.39, 0.29) is 22.7 Å². The molecule has 17 heavy (non-hydrogen) atoms. The molecule has 1 unspecified atom stereocenters. The predicted molar refractivity (Wildman–Crippen MR) is 61.4 cm³/mol. The van der Waals surface area contributed by atoms with Crippen LogP contribution in [0.25, 0.3) is 0 Å². The van der Waals surface area contributed by atoms with Crippen molar-refractivity contribution in [2.45, 2.75) is 12.5 Å². The number of hydrogen-bond donors (Lipinski definition) is 1. The number of para-hydroxylation sites is 1. The van der Waals surface area contributed by atoms with E-state index in [0.717, 1.165) is 0 Å². The van der Waals surface area contributed by atoms with Gasteiger partial charge in [-0.15, -0.1) is 0 Å². The fourth-order valence-electron chi connectivity index (χ4n) is 1.43. The van der Waals surface area contributed by atoms with Gasteiger partial charge in [-0.1, -0.05) is 12.1 Å². The van der Waals surface area contributed by atoms with Crippen molar-refractivity contribution >= 4 is 22.1 Å². The van der Waals surface area contributed by atoms with Crippen molar-refractivity contribution in [3.8, 4) is 5.75 Å². The van der Waals surface area contributed by atoms with Crippen molar-refractivity contribution in [3.05, 3.63) is 30.1 Å². The van der Waals surface area contributed by atoms with E-state index in [0.29, 0.717) is 18.2 Å². The van der Waals surface area contributed by atoms with Crippen LogP contribution in [0.4, 0.5) is 9.18 Å². The zero-order chi connectivity index (χ0) is 12.3. The Hall–Kier alpha value is -1.56. The van der Waals surface area contributed by atoms with Gasteiger partial charge in [-0.3, -0.25) is 9.59 Å². The molecular weight excluding hydrogens is 245 g/mol. The number of nitrogens with one attached hydrogen (secondary N) is 1. The van der Waals surface area contributed by atoms with E-state index in [2.05, 4.69) is 5.32 Å². The Kier molecular flexibility index (Phi) is 3.63. The maximum atomic E-state index is 13.2. The van der Waals surface area contributed by atoms with E-state index in [1.54, 1.807) is 12.1 Å². The van der Waals surface area contributed by atoms with Crippen LogP contribution in [0.3, 0.4) is 0 Å². The fourth-order valence-corrected chi connectivity index (χ4v) is 2.13. The van der Waals surface area contributed by atoms with Gasteiger partial charge in [0.15, 0.2) is 11.6 Å². The van der Waals surface area contributed by atoms with E-state index in [1.165, 1.54) is 12.1 Å². The number of amides is 1. The number of halogens is 1. The zero-order valence-corrected chi connectivity index (χ0v) is 9.63. The Balaban J connectivity index is 1.82. The third kappa shape index (κ3) is 2.97. The second kappa shape index (κ2) is 5.18. The Morgan fingerprint density at radius 1 is 1.35 bits per heavy atom. The molecule has 1 aliphatic heterocycles. The van der Waals surface area contributed by atoms with Gasteiger partial charge >= 0.3 is 0 Å². The van der Waals surface area contributed by atoms with Crippen molar-refractivity contribution in [3.63, 3.8) is 0 Å².